The molecule has 1 heterocycles. The summed E-state index contributed by atoms with van der Waals surface area (Å²) in [6, 6.07) is 3.16. The highest BCUT2D eigenvalue weighted by molar-refractivity contribution is 5.95. The van der Waals surface area contributed by atoms with Gasteiger partial charge in [0.05, 0.1) is 5.56 Å². The van der Waals surface area contributed by atoms with Gasteiger partial charge in [-0.25, -0.2) is 4.39 Å². The number of piperidine rings is 1. The lowest BCUT2D eigenvalue weighted by Gasteiger charge is -2.33. The smallest absolute Gasteiger partial charge is 0.257 e. The van der Waals surface area contributed by atoms with Gasteiger partial charge in [0.25, 0.3) is 5.91 Å². The topological polar surface area (TPSA) is 46.3 Å². The molecule has 1 saturated heterocycles. The van der Waals surface area contributed by atoms with E-state index in [0.717, 1.165) is 19.3 Å². The summed E-state index contributed by atoms with van der Waals surface area (Å²) < 4.78 is 14.0. The minimum absolute atomic E-state index is 0.0984. The summed E-state index contributed by atoms with van der Waals surface area (Å²) in [5, 5.41) is 0. The highest BCUT2D eigenvalue weighted by Crippen LogP contribution is 2.23. The van der Waals surface area contributed by atoms with Crippen LogP contribution in [0.4, 0.5) is 10.1 Å². The van der Waals surface area contributed by atoms with Gasteiger partial charge in [0.2, 0.25) is 0 Å². The lowest BCUT2D eigenvalue weighted by atomic mass is 10.0. The molecule has 0 saturated carbocycles. The fourth-order valence-corrected chi connectivity index (χ4v) is 2.51. The molecule has 98 valence electrons. The summed E-state index contributed by atoms with van der Waals surface area (Å²) in [6.07, 6.45) is 3.09. The van der Waals surface area contributed by atoms with Crippen molar-refractivity contribution in [1.29, 1.82) is 0 Å². The average molecular weight is 250 g/mol. The Balaban J connectivity index is 2.33. The van der Waals surface area contributed by atoms with Gasteiger partial charge in [0.1, 0.15) is 5.82 Å². The van der Waals surface area contributed by atoms with Gasteiger partial charge in [-0.1, -0.05) is 0 Å². The van der Waals surface area contributed by atoms with Crippen LogP contribution in [0.1, 0.15) is 42.1 Å². The Morgan fingerprint density at radius 2 is 2.17 bits per heavy atom. The zero-order valence-electron chi connectivity index (χ0n) is 10.9. The molecule has 4 heteroatoms. The fourth-order valence-electron chi connectivity index (χ4n) is 2.51. The number of rotatable bonds is 1. The number of hydrogen-bond acceptors (Lipinski definition) is 2. The molecule has 3 nitrogen and oxygen atoms in total. The molecule has 1 atom stereocenters. The number of likely N-dealkylation sites (tertiary alicyclic amines) is 1. The van der Waals surface area contributed by atoms with E-state index < -0.39 is 5.82 Å². The zero-order chi connectivity index (χ0) is 13.3. The lowest BCUT2D eigenvalue weighted by molar-refractivity contribution is 0.0630. The van der Waals surface area contributed by atoms with Crippen LogP contribution in [0.5, 0.6) is 0 Å². The minimum atomic E-state index is -0.452. The van der Waals surface area contributed by atoms with Crippen molar-refractivity contribution >= 4 is 11.6 Å². The van der Waals surface area contributed by atoms with E-state index in [4.69, 9.17) is 5.73 Å². The standard InChI is InChI=1S/C14H19FN2O/c1-9-7-11(16)8-12(13(9)15)14(18)17-6-4-3-5-10(17)2/h7-8,10H,3-6,16H2,1-2H3. The van der Waals surface area contributed by atoms with Crippen molar-refractivity contribution in [2.45, 2.75) is 39.2 Å². The molecule has 0 radical (unpaired) electrons. The first kappa shape index (κ1) is 12.9. The van der Waals surface area contributed by atoms with Crippen LogP contribution >= 0.6 is 0 Å². The van der Waals surface area contributed by atoms with E-state index in [0.29, 0.717) is 17.8 Å². The molecular formula is C14H19FN2O. The van der Waals surface area contributed by atoms with Crippen LogP contribution in [0.15, 0.2) is 12.1 Å². The third-order valence-corrected chi connectivity index (χ3v) is 3.57. The van der Waals surface area contributed by atoms with E-state index in [1.807, 2.05) is 6.92 Å². The van der Waals surface area contributed by atoms with Crippen molar-refractivity contribution in [2.75, 3.05) is 12.3 Å². The maximum atomic E-state index is 14.0. The number of amides is 1. The van der Waals surface area contributed by atoms with Gasteiger partial charge >= 0.3 is 0 Å². The Morgan fingerprint density at radius 3 is 2.83 bits per heavy atom. The van der Waals surface area contributed by atoms with Crippen molar-refractivity contribution in [1.82, 2.24) is 4.90 Å². The van der Waals surface area contributed by atoms with Gasteiger partial charge in [-0.05, 0) is 50.8 Å². The number of nitrogens with zero attached hydrogens (tertiary/aromatic N) is 1. The minimum Gasteiger partial charge on any atom is -0.399 e. The van der Waals surface area contributed by atoms with Crippen molar-refractivity contribution < 1.29 is 9.18 Å². The SMILES string of the molecule is Cc1cc(N)cc(C(=O)N2CCCCC2C)c1F. The summed E-state index contributed by atoms with van der Waals surface area (Å²) in [7, 11) is 0. The number of hydrogen-bond donors (Lipinski definition) is 1. The fraction of sp³-hybridized carbons (Fsp3) is 0.500. The molecule has 2 N–H and O–H groups in total. The van der Waals surface area contributed by atoms with Gasteiger partial charge in [0.15, 0.2) is 0 Å². The summed E-state index contributed by atoms with van der Waals surface area (Å²) in [4.78, 5) is 14.1. The Labute approximate surface area is 107 Å². The van der Waals surface area contributed by atoms with Crippen LogP contribution in [-0.4, -0.2) is 23.4 Å². The summed E-state index contributed by atoms with van der Waals surface area (Å²) in [6.45, 7) is 4.34. The molecule has 0 aromatic heterocycles. The van der Waals surface area contributed by atoms with Crippen molar-refractivity contribution in [3.8, 4) is 0 Å². The zero-order valence-corrected chi connectivity index (χ0v) is 10.9. The quantitative estimate of drug-likeness (QED) is 0.779. The molecule has 0 bridgehead atoms. The Hall–Kier alpha value is -1.58. The molecule has 1 aliphatic heterocycles. The largest absolute Gasteiger partial charge is 0.399 e. The molecule has 2 rings (SSSR count). The summed E-state index contributed by atoms with van der Waals surface area (Å²) in [5.74, 6) is -0.693. The van der Waals surface area contributed by atoms with Gasteiger partial charge < -0.3 is 10.6 Å². The summed E-state index contributed by atoms with van der Waals surface area (Å²) in [5.41, 5.74) is 6.64. The van der Waals surface area contributed by atoms with Crippen LogP contribution in [0.3, 0.4) is 0 Å². The van der Waals surface area contributed by atoms with E-state index in [-0.39, 0.29) is 17.5 Å². The molecule has 1 aromatic rings. The number of carbonyl (C=O) groups is 1. The normalized spacial score (nSPS) is 19.9. The van der Waals surface area contributed by atoms with Crippen LogP contribution in [-0.2, 0) is 0 Å². The van der Waals surface area contributed by atoms with Crippen LogP contribution in [0.2, 0.25) is 0 Å². The van der Waals surface area contributed by atoms with Crippen LogP contribution in [0.25, 0.3) is 0 Å². The third kappa shape index (κ3) is 2.33. The number of halogens is 1. The molecule has 1 aromatic carbocycles. The monoisotopic (exact) mass is 250 g/mol. The number of nitrogen functional groups attached to an aromatic ring is 1. The first-order chi connectivity index (χ1) is 8.50. The first-order valence-corrected chi connectivity index (χ1v) is 6.37. The second kappa shape index (κ2) is 4.96. The van der Waals surface area contributed by atoms with Crippen molar-refractivity contribution in [2.24, 2.45) is 0 Å². The van der Waals surface area contributed by atoms with Crippen molar-refractivity contribution in [3.63, 3.8) is 0 Å². The van der Waals surface area contributed by atoms with E-state index in [1.54, 1.807) is 17.9 Å². The molecule has 1 amide bonds. The second-order valence-electron chi connectivity index (χ2n) is 5.04. The molecule has 1 fully saturated rings. The predicted octanol–water partition coefficient (Wildman–Crippen LogP) is 2.73. The van der Waals surface area contributed by atoms with Crippen LogP contribution in [0, 0.1) is 12.7 Å². The van der Waals surface area contributed by atoms with Gasteiger partial charge in [-0.3, -0.25) is 4.79 Å². The number of aryl methyl sites for hydroxylation is 1. The Kier molecular flexibility index (Phi) is 3.55. The lowest BCUT2D eigenvalue weighted by Crippen LogP contribution is -2.42. The molecule has 1 unspecified atom stereocenters. The maximum Gasteiger partial charge on any atom is 0.257 e. The molecule has 0 spiro atoms. The number of nitrogens with two attached hydrogens (primary N) is 1. The van der Waals surface area contributed by atoms with E-state index >= 15 is 0 Å². The number of carbonyl (C=O) groups excluding carboxylic acids is 1. The Morgan fingerprint density at radius 1 is 1.44 bits per heavy atom. The highest BCUT2D eigenvalue weighted by Gasteiger charge is 2.26. The maximum absolute atomic E-state index is 14.0. The number of anilines is 1. The average Bonchev–Trinajstić information content (AvgIpc) is 2.33. The van der Waals surface area contributed by atoms with Gasteiger partial charge in [-0.15, -0.1) is 0 Å². The van der Waals surface area contributed by atoms with Crippen LogP contribution < -0.4 is 5.73 Å². The predicted molar refractivity (Wildman–Crippen MR) is 69.9 cm³/mol. The molecule has 0 aliphatic carbocycles. The van der Waals surface area contributed by atoms with E-state index in [9.17, 15) is 9.18 Å². The Bertz CT molecular complexity index is 473. The highest BCUT2D eigenvalue weighted by atomic mass is 19.1. The van der Waals surface area contributed by atoms with Gasteiger partial charge in [-0.2, -0.15) is 0 Å². The molecular weight excluding hydrogens is 231 g/mol. The third-order valence-electron chi connectivity index (χ3n) is 3.57. The molecule has 18 heavy (non-hydrogen) atoms. The second-order valence-corrected chi connectivity index (χ2v) is 5.04. The van der Waals surface area contributed by atoms with Gasteiger partial charge in [0, 0.05) is 18.3 Å². The van der Waals surface area contributed by atoms with Crippen molar-refractivity contribution in [3.05, 3.63) is 29.1 Å². The van der Waals surface area contributed by atoms with E-state index in [1.165, 1.54) is 6.07 Å². The first-order valence-electron chi connectivity index (χ1n) is 6.37. The van der Waals surface area contributed by atoms with E-state index in [2.05, 4.69) is 0 Å². The number of benzene rings is 1. The summed E-state index contributed by atoms with van der Waals surface area (Å²) >= 11 is 0. The molecule has 1 aliphatic rings.